The molecular weight excluding hydrogens is 248 g/mol. The first-order valence-electron chi connectivity index (χ1n) is 8.33. The third-order valence-electron chi connectivity index (χ3n) is 6.15. The van der Waals surface area contributed by atoms with Crippen LogP contribution in [0.1, 0.15) is 59.3 Å². The Morgan fingerprint density at radius 3 is 2.20 bits per heavy atom. The van der Waals surface area contributed by atoms with Crippen molar-refractivity contribution in [1.29, 1.82) is 0 Å². The standard InChI is InChI=1S/C17H30N2O/c1-4-19(6-5-18)14(20)17-9-13-7-15(2,11-17)10-16(3,8-13)12-17/h13H,4-12,18H2,1-3H3. The van der Waals surface area contributed by atoms with E-state index in [0.29, 0.717) is 23.3 Å². The fourth-order valence-corrected chi connectivity index (χ4v) is 6.58. The molecule has 0 heterocycles. The van der Waals surface area contributed by atoms with Gasteiger partial charge in [0.05, 0.1) is 5.41 Å². The lowest BCUT2D eigenvalue weighted by atomic mass is 9.40. The zero-order valence-electron chi connectivity index (χ0n) is 13.4. The van der Waals surface area contributed by atoms with E-state index in [1.807, 2.05) is 4.90 Å². The second-order valence-corrected chi connectivity index (χ2v) is 8.58. The highest BCUT2D eigenvalue weighted by Gasteiger charge is 2.63. The highest BCUT2D eigenvalue weighted by atomic mass is 16.2. The lowest BCUT2D eigenvalue weighted by Crippen LogP contribution is -2.60. The van der Waals surface area contributed by atoms with Gasteiger partial charge in [-0.15, -0.1) is 0 Å². The average Bonchev–Trinajstić information content (AvgIpc) is 2.30. The molecule has 0 spiro atoms. The Bertz CT molecular complexity index is 401. The van der Waals surface area contributed by atoms with E-state index in [0.717, 1.165) is 38.3 Å². The topological polar surface area (TPSA) is 46.3 Å². The minimum atomic E-state index is -0.0614. The molecule has 3 heteroatoms. The second kappa shape index (κ2) is 4.46. The largest absolute Gasteiger partial charge is 0.341 e. The van der Waals surface area contributed by atoms with Crippen molar-refractivity contribution in [2.24, 2.45) is 27.9 Å². The van der Waals surface area contributed by atoms with Gasteiger partial charge in [0.25, 0.3) is 0 Å². The molecule has 20 heavy (non-hydrogen) atoms. The van der Waals surface area contributed by atoms with Crippen LogP contribution in [0.4, 0.5) is 0 Å². The van der Waals surface area contributed by atoms with Crippen LogP contribution >= 0.6 is 0 Å². The van der Waals surface area contributed by atoms with Crippen molar-refractivity contribution in [3.63, 3.8) is 0 Å². The average molecular weight is 278 g/mol. The number of nitrogens with two attached hydrogens (primary N) is 1. The van der Waals surface area contributed by atoms with Crippen LogP contribution in [0.25, 0.3) is 0 Å². The van der Waals surface area contributed by atoms with Crippen LogP contribution in [-0.2, 0) is 4.79 Å². The van der Waals surface area contributed by atoms with Crippen molar-refractivity contribution in [2.75, 3.05) is 19.6 Å². The van der Waals surface area contributed by atoms with Gasteiger partial charge in [0, 0.05) is 19.6 Å². The molecule has 4 fully saturated rings. The van der Waals surface area contributed by atoms with Gasteiger partial charge in [-0.05, 0) is 62.2 Å². The SMILES string of the molecule is CCN(CCN)C(=O)C12CC3CC(C)(CC(C)(C3)C1)C2. The third kappa shape index (κ3) is 2.09. The van der Waals surface area contributed by atoms with E-state index in [1.54, 1.807) is 0 Å². The van der Waals surface area contributed by atoms with Gasteiger partial charge in [0.15, 0.2) is 0 Å². The maximum absolute atomic E-state index is 13.2. The van der Waals surface area contributed by atoms with Gasteiger partial charge in [-0.3, -0.25) is 4.79 Å². The van der Waals surface area contributed by atoms with Gasteiger partial charge in [0.1, 0.15) is 0 Å². The van der Waals surface area contributed by atoms with E-state index in [-0.39, 0.29) is 5.41 Å². The molecule has 4 bridgehead atoms. The van der Waals surface area contributed by atoms with Gasteiger partial charge in [-0.25, -0.2) is 0 Å². The highest BCUT2D eigenvalue weighted by molar-refractivity contribution is 5.83. The molecule has 4 aliphatic carbocycles. The summed E-state index contributed by atoms with van der Waals surface area (Å²) in [5.74, 6) is 1.19. The van der Waals surface area contributed by atoms with E-state index in [9.17, 15) is 4.79 Å². The molecule has 4 saturated carbocycles. The Hall–Kier alpha value is -0.570. The number of hydrogen-bond donors (Lipinski definition) is 1. The van der Waals surface area contributed by atoms with Crippen LogP contribution in [0.3, 0.4) is 0 Å². The lowest BCUT2D eigenvalue weighted by molar-refractivity contribution is -0.179. The van der Waals surface area contributed by atoms with E-state index in [2.05, 4.69) is 20.8 Å². The molecule has 0 radical (unpaired) electrons. The molecule has 0 aliphatic heterocycles. The first-order chi connectivity index (χ1) is 9.34. The molecule has 0 aromatic rings. The van der Waals surface area contributed by atoms with E-state index < -0.39 is 0 Å². The molecule has 0 aromatic carbocycles. The smallest absolute Gasteiger partial charge is 0.228 e. The number of rotatable bonds is 4. The van der Waals surface area contributed by atoms with Gasteiger partial charge < -0.3 is 10.6 Å². The summed E-state index contributed by atoms with van der Waals surface area (Å²) in [5.41, 5.74) is 6.45. The molecule has 4 aliphatic rings. The van der Waals surface area contributed by atoms with Crippen LogP contribution < -0.4 is 5.73 Å². The van der Waals surface area contributed by atoms with Crippen LogP contribution in [0, 0.1) is 22.2 Å². The first-order valence-corrected chi connectivity index (χ1v) is 8.33. The quantitative estimate of drug-likeness (QED) is 0.859. The van der Waals surface area contributed by atoms with E-state index in [1.165, 1.54) is 19.3 Å². The zero-order valence-corrected chi connectivity index (χ0v) is 13.4. The monoisotopic (exact) mass is 278 g/mol. The molecule has 2 atom stereocenters. The number of likely N-dealkylation sites (N-methyl/N-ethyl adjacent to an activating group) is 1. The molecule has 2 N–H and O–H groups in total. The predicted molar refractivity (Wildman–Crippen MR) is 81.1 cm³/mol. The molecule has 0 aromatic heterocycles. The Morgan fingerprint density at radius 1 is 1.15 bits per heavy atom. The Balaban J connectivity index is 1.90. The maximum atomic E-state index is 13.2. The second-order valence-electron chi connectivity index (χ2n) is 8.58. The summed E-state index contributed by atoms with van der Waals surface area (Å²) in [4.78, 5) is 15.2. The van der Waals surface area contributed by atoms with Crippen LogP contribution in [0.15, 0.2) is 0 Å². The molecule has 3 nitrogen and oxygen atoms in total. The lowest BCUT2D eigenvalue weighted by Gasteiger charge is -2.65. The summed E-state index contributed by atoms with van der Waals surface area (Å²) in [6, 6.07) is 0. The summed E-state index contributed by atoms with van der Waals surface area (Å²) in [7, 11) is 0. The molecule has 114 valence electrons. The minimum Gasteiger partial charge on any atom is -0.341 e. The highest BCUT2D eigenvalue weighted by Crippen LogP contribution is 2.69. The molecule has 2 unspecified atom stereocenters. The van der Waals surface area contributed by atoms with Crippen molar-refractivity contribution < 1.29 is 4.79 Å². The fraction of sp³-hybridized carbons (Fsp3) is 0.941. The van der Waals surface area contributed by atoms with Crippen molar-refractivity contribution in [2.45, 2.75) is 59.3 Å². The Kier molecular flexibility index (Phi) is 3.20. The van der Waals surface area contributed by atoms with E-state index in [4.69, 9.17) is 5.73 Å². The van der Waals surface area contributed by atoms with Crippen LogP contribution in [0.5, 0.6) is 0 Å². The summed E-state index contributed by atoms with van der Waals surface area (Å²) in [6.45, 7) is 9.03. The maximum Gasteiger partial charge on any atom is 0.228 e. The first kappa shape index (κ1) is 14.4. The summed E-state index contributed by atoms with van der Waals surface area (Å²) in [5, 5.41) is 0. The number of nitrogens with zero attached hydrogens (tertiary/aromatic N) is 1. The van der Waals surface area contributed by atoms with Crippen molar-refractivity contribution in [1.82, 2.24) is 4.90 Å². The van der Waals surface area contributed by atoms with Gasteiger partial charge in [-0.2, -0.15) is 0 Å². The number of carbonyl (C=O) groups is 1. The molecule has 1 amide bonds. The molecule has 4 rings (SSSR count). The van der Waals surface area contributed by atoms with E-state index >= 15 is 0 Å². The summed E-state index contributed by atoms with van der Waals surface area (Å²) in [6.07, 6.45) is 7.39. The van der Waals surface area contributed by atoms with Gasteiger partial charge >= 0.3 is 0 Å². The minimum absolute atomic E-state index is 0.0614. The number of carbonyl (C=O) groups excluding carboxylic acids is 1. The third-order valence-corrected chi connectivity index (χ3v) is 6.15. The van der Waals surface area contributed by atoms with Gasteiger partial charge in [-0.1, -0.05) is 13.8 Å². The molecule has 0 saturated heterocycles. The van der Waals surface area contributed by atoms with Crippen molar-refractivity contribution >= 4 is 5.91 Å². The predicted octanol–water partition coefficient (Wildman–Crippen LogP) is 2.79. The van der Waals surface area contributed by atoms with Crippen LogP contribution in [-0.4, -0.2) is 30.4 Å². The Labute approximate surface area is 123 Å². The molecular formula is C17H30N2O. The van der Waals surface area contributed by atoms with Crippen LogP contribution in [0.2, 0.25) is 0 Å². The Morgan fingerprint density at radius 2 is 1.75 bits per heavy atom. The van der Waals surface area contributed by atoms with Crippen molar-refractivity contribution in [3.05, 3.63) is 0 Å². The number of hydrogen-bond acceptors (Lipinski definition) is 2. The normalized spacial score (nSPS) is 45.7. The summed E-state index contributed by atoms with van der Waals surface area (Å²) >= 11 is 0. The zero-order chi connectivity index (χ0) is 14.6. The number of amides is 1. The fourth-order valence-electron chi connectivity index (χ4n) is 6.58. The summed E-state index contributed by atoms with van der Waals surface area (Å²) < 4.78 is 0. The van der Waals surface area contributed by atoms with Gasteiger partial charge in [0.2, 0.25) is 5.91 Å². The van der Waals surface area contributed by atoms with Crippen molar-refractivity contribution in [3.8, 4) is 0 Å².